The fourth-order valence-corrected chi connectivity index (χ4v) is 5.94. The number of carbonyl (C=O) groups is 3. The first-order valence-corrected chi connectivity index (χ1v) is 15.0. The summed E-state index contributed by atoms with van der Waals surface area (Å²) in [6.45, 7) is 15.1. The Hall–Kier alpha value is -2.58. The normalized spacial score (nSPS) is 21.4. The minimum atomic E-state index is -0.675. The van der Waals surface area contributed by atoms with Gasteiger partial charge in [-0.3, -0.25) is 19.3 Å². The molecule has 1 aromatic rings. The summed E-state index contributed by atoms with van der Waals surface area (Å²) in [4.78, 5) is 43.9. The number of ether oxygens (including phenoxy) is 1. The molecule has 3 amide bonds. The van der Waals surface area contributed by atoms with E-state index in [2.05, 4.69) is 49.3 Å². The second-order valence-electron chi connectivity index (χ2n) is 12.3. The zero-order valence-electron chi connectivity index (χ0n) is 25.0. The van der Waals surface area contributed by atoms with E-state index < -0.39 is 6.04 Å². The first kappa shape index (κ1) is 31.9. The van der Waals surface area contributed by atoms with E-state index in [0.717, 1.165) is 32.4 Å². The van der Waals surface area contributed by atoms with Gasteiger partial charge in [0.15, 0.2) is 0 Å². The van der Waals surface area contributed by atoms with E-state index >= 15 is 0 Å². The number of likely N-dealkylation sites (tertiary alicyclic amines) is 1. The molecule has 2 aliphatic heterocycles. The van der Waals surface area contributed by atoms with Crippen LogP contribution in [-0.4, -0.2) is 78.4 Å². The number of amides is 3. The number of halogens is 1. The zero-order valence-corrected chi connectivity index (χ0v) is 25.7. The lowest BCUT2D eigenvalue weighted by atomic mass is 9.75. The number of nitrogens with one attached hydrogen (secondary N) is 2. The van der Waals surface area contributed by atoms with Gasteiger partial charge in [-0.1, -0.05) is 37.6 Å². The number of rotatable bonds is 6. The summed E-state index contributed by atoms with van der Waals surface area (Å²) in [5, 5.41) is 6.53. The predicted molar refractivity (Wildman–Crippen MR) is 160 cm³/mol. The SMILES string of the molecule is CC(C)C[C@@H]1NC(=O)c2cc(Cl)ccc2OC/C=C/CC2(CCN(CC(=O)N(C(C)C)C(C)C)CC2)CNC1=O. The van der Waals surface area contributed by atoms with Crippen molar-refractivity contribution in [1.29, 1.82) is 0 Å². The van der Waals surface area contributed by atoms with E-state index in [0.29, 0.717) is 42.5 Å². The molecule has 0 radical (unpaired) electrons. The first-order chi connectivity index (χ1) is 18.9. The molecule has 0 unspecified atom stereocenters. The van der Waals surface area contributed by atoms with Crippen molar-refractivity contribution in [3.63, 3.8) is 0 Å². The van der Waals surface area contributed by atoms with Gasteiger partial charge in [0.2, 0.25) is 11.8 Å². The molecule has 40 heavy (non-hydrogen) atoms. The summed E-state index contributed by atoms with van der Waals surface area (Å²) in [6.07, 6.45) is 7.09. The van der Waals surface area contributed by atoms with E-state index in [1.807, 2.05) is 24.8 Å². The average Bonchev–Trinajstić information content (AvgIpc) is 2.87. The van der Waals surface area contributed by atoms with Crippen LogP contribution in [0.15, 0.2) is 30.4 Å². The van der Waals surface area contributed by atoms with Crippen LogP contribution in [0.2, 0.25) is 5.02 Å². The third kappa shape index (κ3) is 8.71. The fraction of sp³-hybridized carbons (Fsp3) is 0.645. The minimum absolute atomic E-state index is 0.135. The Bertz CT molecular complexity index is 1060. The molecule has 2 aliphatic rings. The van der Waals surface area contributed by atoms with Crippen molar-refractivity contribution < 1.29 is 19.1 Å². The molecule has 0 saturated carbocycles. The van der Waals surface area contributed by atoms with Crippen molar-refractivity contribution in [1.82, 2.24) is 20.4 Å². The van der Waals surface area contributed by atoms with Crippen molar-refractivity contribution >= 4 is 29.3 Å². The lowest BCUT2D eigenvalue weighted by molar-refractivity contribution is -0.136. The Morgan fingerprint density at radius 3 is 2.40 bits per heavy atom. The molecule has 1 spiro atoms. The van der Waals surface area contributed by atoms with Crippen LogP contribution in [0.4, 0.5) is 0 Å². The largest absolute Gasteiger partial charge is 0.489 e. The Labute approximate surface area is 244 Å². The highest BCUT2D eigenvalue weighted by Crippen LogP contribution is 2.35. The van der Waals surface area contributed by atoms with Gasteiger partial charge in [0.05, 0.1) is 12.1 Å². The van der Waals surface area contributed by atoms with Gasteiger partial charge in [-0.15, -0.1) is 0 Å². The van der Waals surface area contributed by atoms with Gasteiger partial charge in [0.25, 0.3) is 5.91 Å². The molecule has 9 heteroatoms. The van der Waals surface area contributed by atoms with Gasteiger partial charge in [0, 0.05) is 23.7 Å². The summed E-state index contributed by atoms with van der Waals surface area (Å²) < 4.78 is 5.94. The lowest BCUT2D eigenvalue weighted by Crippen LogP contribution is -2.53. The Morgan fingerprint density at radius 2 is 1.77 bits per heavy atom. The Kier molecular flexibility index (Phi) is 11.5. The summed E-state index contributed by atoms with van der Waals surface area (Å²) in [5.41, 5.74) is 0.176. The van der Waals surface area contributed by atoms with Gasteiger partial charge in [-0.2, -0.15) is 0 Å². The van der Waals surface area contributed by atoms with Crippen LogP contribution >= 0.6 is 11.6 Å². The number of fused-ring (bicyclic) bond motifs is 1. The maximum Gasteiger partial charge on any atom is 0.255 e. The molecule has 8 nitrogen and oxygen atoms in total. The molecular weight excluding hydrogens is 528 g/mol. The Morgan fingerprint density at radius 1 is 1.10 bits per heavy atom. The number of carbonyl (C=O) groups excluding carboxylic acids is 3. The van der Waals surface area contributed by atoms with Crippen molar-refractivity contribution in [3.05, 3.63) is 40.9 Å². The third-order valence-electron chi connectivity index (χ3n) is 7.88. The van der Waals surface area contributed by atoms with E-state index in [9.17, 15) is 14.4 Å². The second-order valence-corrected chi connectivity index (χ2v) is 12.7. The molecule has 0 bridgehead atoms. The minimum Gasteiger partial charge on any atom is -0.489 e. The second kappa shape index (κ2) is 14.4. The van der Waals surface area contributed by atoms with Gasteiger partial charge < -0.3 is 20.3 Å². The molecule has 1 aromatic carbocycles. The number of allylic oxidation sites excluding steroid dienone is 1. The third-order valence-corrected chi connectivity index (χ3v) is 8.12. The van der Waals surface area contributed by atoms with E-state index in [1.165, 1.54) is 0 Å². The van der Waals surface area contributed by atoms with Gasteiger partial charge >= 0.3 is 0 Å². The average molecular weight is 575 g/mol. The van der Waals surface area contributed by atoms with E-state index in [4.69, 9.17) is 16.3 Å². The highest BCUT2D eigenvalue weighted by atomic mass is 35.5. The molecule has 2 N–H and O–H groups in total. The highest BCUT2D eigenvalue weighted by Gasteiger charge is 2.36. The van der Waals surface area contributed by atoms with Crippen LogP contribution in [0.25, 0.3) is 0 Å². The summed E-state index contributed by atoms with van der Waals surface area (Å²) in [7, 11) is 0. The molecule has 1 saturated heterocycles. The van der Waals surface area contributed by atoms with Crippen molar-refractivity contribution in [2.75, 3.05) is 32.8 Å². The van der Waals surface area contributed by atoms with Gasteiger partial charge in [0.1, 0.15) is 18.4 Å². The first-order valence-electron chi connectivity index (χ1n) is 14.6. The zero-order chi connectivity index (χ0) is 29.4. The maximum atomic E-state index is 13.4. The quantitative estimate of drug-likeness (QED) is 0.482. The van der Waals surface area contributed by atoms with Crippen LogP contribution in [0.3, 0.4) is 0 Å². The summed E-state index contributed by atoms with van der Waals surface area (Å²) in [6, 6.07) is 4.59. The molecule has 3 rings (SSSR count). The molecule has 0 aliphatic carbocycles. The predicted octanol–water partition coefficient (Wildman–Crippen LogP) is 4.67. The van der Waals surface area contributed by atoms with Gasteiger partial charge in [-0.25, -0.2) is 0 Å². The monoisotopic (exact) mass is 574 g/mol. The van der Waals surface area contributed by atoms with Crippen LogP contribution in [-0.2, 0) is 9.59 Å². The molecule has 1 atom stereocenters. The maximum absolute atomic E-state index is 13.4. The van der Waals surface area contributed by atoms with E-state index in [-0.39, 0.29) is 41.1 Å². The Balaban J connectivity index is 1.77. The van der Waals surface area contributed by atoms with Crippen molar-refractivity contribution in [2.45, 2.75) is 85.4 Å². The fourth-order valence-electron chi connectivity index (χ4n) is 5.77. The summed E-state index contributed by atoms with van der Waals surface area (Å²) >= 11 is 6.17. The smallest absolute Gasteiger partial charge is 0.255 e. The molecule has 1 fully saturated rings. The number of piperidine rings is 1. The van der Waals surface area contributed by atoms with Crippen LogP contribution in [0, 0.1) is 11.3 Å². The van der Waals surface area contributed by atoms with Crippen LogP contribution < -0.4 is 15.4 Å². The number of hydrogen-bond acceptors (Lipinski definition) is 5. The molecular formula is C31H47ClN4O4. The highest BCUT2D eigenvalue weighted by molar-refractivity contribution is 6.31. The number of hydrogen-bond donors (Lipinski definition) is 2. The topological polar surface area (TPSA) is 91.0 Å². The van der Waals surface area contributed by atoms with Crippen LogP contribution in [0.5, 0.6) is 5.75 Å². The van der Waals surface area contributed by atoms with Gasteiger partial charge in [-0.05, 0) is 96.0 Å². The molecule has 0 aromatic heterocycles. The number of nitrogens with zero attached hydrogens (tertiary/aromatic N) is 2. The van der Waals surface area contributed by atoms with Crippen LogP contribution in [0.1, 0.15) is 77.6 Å². The molecule has 222 valence electrons. The summed E-state index contributed by atoms with van der Waals surface area (Å²) in [5.74, 6) is 0.222. The lowest BCUT2D eigenvalue weighted by Gasteiger charge is -2.42. The number of benzene rings is 1. The standard InChI is InChI=1S/C31H47ClN4O4/c1-21(2)17-26-30(39)33-20-31(12-14-35(15-13-31)19-28(37)36(22(3)4)23(5)6)11-7-8-16-40-27-10-9-24(32)18-25(27)29(38)34-26/h7-10,18,21-23,26H,11-17,19-20H2,1-6H3,(H,33,39)(H,34,38)/b8-7+/t26-/m0/s1. The van der Waals surface area contributed by atoms with Crippen molar-refractivity contribution in [2.24, 2.45) is 11.3 Å². The van der Waals surface area contributed by atoms with Crippen molar-refractivity contribution in [3.8, 4) is 5.75 Å². The molecule has 2 heterocycles. The van der Waals surface area contributed by atoms with E-state index in [1.54, 1.807) is 18.2 Å².